The molecule has 174 valence electrons. The lowest BCUT2D eigenvalue weighted by Gasteiger charge is -2.17. The lowest BCUT2D eigenvalue weighted by molar-refractivity contribution is 0.166. The molecule has 0 amide bonds. The molecule has 2 aliphatic rings. The number of nitrogens with zero attached hydrogens (tertiary/aromatic N) is 1. The molecule has 0 spiro atoms. The molecule has 1 unspecified atom stereocenters. The van der Waals surface area contributed by atoms with Gasteiger partial charge in [-0.25, -0.2) is 0 Å². The summed E-state index contributed by atoms with van der Waals surface area (Å²) in [6.07, 6.45) is 3.03. The highest BCUT2D eigenvalue weighted by Crippen LogP contribution is 2.26. The molecule has 2 aromatic carbocycles. The van der Waals surface area contributed by atoms with Crippen LogP contribution in [0.1, 0.15) is 28.7 Å². The Labute approximate surface area is 208 Å². The Hall–Kier alpha value is -2.00. The summed E-state index contributed by atoms with van der Waals surface area (Å²) in [6.45, 7) is 6.71. The predicted octanol–water partition coefficient (Wildman–Crippen LogP) is 3.87. The molecule has 0 bridgehead atoms. The number of guanidine groups is 1. The number of fused-ring (bicyclic) bond motifs is 1. The second-order valence-electron chi connectivity index (χ2n) is 8.29. The van der Waals surface area contributed by atoms with E-state index in [9.17, 15) is 0 Å². The van der Waals surface area contributed by atoms with Gasteiger partial charge in [-0.3, -0.25) is 4.99 Å². The number of hydrogen-bond donors (Lipinski definition) is 2. The van der Waals surface area contributed by atoms with Crippen molar-refractivity contribution in [1.29, 1.82) is 0 Å². The van der Waals surface area contributed by atoms with Gasteiger partial charge in [0.15, 0.2) is 5.96 Å². The third kappa shape index (κ3) is 6.75. The molecule has 1 atom stereocenters. The van der Waals surface area contributed by atoms with E-state index in [2.05, 4.69) is 58.9 Å². The lowest BCUT2D eigenvalue weighted by Crippen LogP contribution is -2.38. The molecule has 32 heavy (non-hydrogen) atoms. The van der Waals surface area contributed by atoms with E-state index in [1.165, 1.54) is 16.7 Å². The van der Waals surface area contributed by atoms with Gasteiger partial charge in [-0.15, -0.1) is 24.0 Å². The molecule has 2 N–H and O–H groups in total. The van der Waals surface area contributed by atoms with Crippen molar-refractivity contribution >= 4 is 29.9 Å². The summed E-state index contributed by atoms with van der Waals surface area (Å²) in [7, 11) is 1.80. The third-order valence-electron chi connectivity index (χ3n) is 5.85. The standard InChI is InChI=1S/C25H33N3O3.HI/c1-18-3-5-22(24(13-18)31-17-20-8-11-29-16-20)15-28-25(26-2)27-10-7-19-4-6-23-21(14-19)9-12-30-23;/h3-6,13-14,20H,7-12,15-17H2,1-2H3,(H2,26,27,28);1H. The SMILES string of the molecule is CN=C(NCCc1ccc2c(c1)CCO2)NCc1ccc(C)cc1OCC1CCOC1.I. The van der Waals surface area contributed by atoms with Crippen molar-refractivity contribution in [3.8, 4) is 11.5 Å². The largest absolute Gasteiger partial charge is 0.493 e. The van der Waals surface area contributed by atoms with Crippen LogP contribution in [0.3, 0.4) is 0 Å². The fourth-order valence-corrected chi connectivity index (χ4v) is 3.98. The summed E-state index contributed by atoms with van der Waals surface area (Å²) in [5.74, 6) is 3.25. The molecule has 0 aliphatic carbocycles. The molecular formula is C25H34IN3O3. The van der Waals surface area contributed by atoms with E-state index < -0.39 is 0 Å². The highest BCUT2D eigenvalue weighted by molar-refractivity contribution is 14.0. The Balaban J connectivity index is 0.00000289. The average Bonchev–Trinajstić information content (AvgIpc) is 3.47. The molecule has 0 aromatic heterocycles. The first kappa shape index (κ1) is 24.6. The van der Waals surface area contributed by atoms with Gasteiger partial charge < -0.3 is 24.8 Å². The molecular weight excluding hydrogens is 517 g/mol. The highest BCUT2D eigenvalue weighted by atomic mass is 127. The molecule has 2 aliphatic heterocycles. The van der Waals surface area contributed by atoms with Crippen LogP contribution in [0.4, 0.5) is 0 Å². The van der Waals surface area contributed by atoms with Gasteiger partial charge in [-0.1, -0.05) is 24.3 Å². The minimum Gasteiger partial charge on any atom is -0.493 e. The van der Waals surface area contributed by atoms with Gasteiger partial charge in [-0.2, -0.15) is 0 Å². The Kier molecular flexibility index (Phi) is 9.47. The summed E-state index contributed by atoms with van der Waals surface area (Å²) < 4.78 is 17.2. The van der Waals surface area contributed by atoms with Crippen LogP contribution in [0.2, 0.25) is 0 Å². The number of nitrogens with one attached hydrogen (secondary N) is 2. The number of aryl methyl sites for hydroxylation is 1. The minimum atomic E-state index is 0. The smallest absolute Gasteiger partial charge is 0.191 e. The summed E-state index contributed by atoms with van der Waals surface area (Å²) in [5, 5.41) is 6.83. The van der Waals surface area contributed by atoms with Gasteiger partial charge in [0.1, 0.15) is 11.5 Å². The monoisotopic (exact) mass is 551 g/mol. The Morgan fingerprint density at radius 2 is 2.06 bits per heavy atom. The van der Waals surface area contributed by atoms with E-state index in [0.717, 1.165) is 68.6 Å². The molecule has 1 saturated heterocycles. The second-order valence-corrected chi connectivity index (χ2v) is 8.29. The van der Waals surface area contributed by atoms with Crippen LogP contribution in [0, 0.1) is 12.8 Å². The molecule has 2 aromatic rings. The molecule has 2 heterocycles. The fourth-order valence-electron chi connectivity index (χ4n) is 3.98. The summed E-state index contributed by atoms with van der Waals surface area (Å²) in [4.78, 5) is 4.37. The van der Waals surface area contributed by atoms with Gasteiger partial charge >= 0.3 is 0 Å². The van der Waals surface area contributed by atoms with Gasteiger partial charge in [0.2, 0.25) is 0 Å². The maximum atomic E-state index is 6.15. The zero-order valence-corrected chi connectivity index (χ0v) is 21.3. The van der Waals surface area contributed by atoms with E-state index in [4.69, 9.17) is 14.2 Å². The second kappa shape index (κ2) is 12.3. The van der Waals surface area contributed by atoms with Crippen molar-refractivity contribution in [1.82, 2.24) is 10.6 Å². The lowest BCUT2D eigenvalue weighted by atomic mass is 10.1. The van der Waals surface area contributed by atoms with E-state index in [1.807, 2.05) is 0 Å². The quantitative estimate of drug-likeness (QED) is 0.297. The van der Waals surface area contributed by atoms with Crippen LogP contribution in [-0.4, -0.2) is 46.0 Å². The van der Waals surface area contributed by atoms with E-state index in [-0.39, 0.29) is 24.0 Å². The topological polar surface area (TPSA) is 64.1 Å². The van der Waals surface area contributed by atoms with Crippen LogP contribution in [0.15, 0.2) is 41.4 Å². The highest BCUT2D eigenvalue weighted by Gasteiger charge is 2.17. The number of halogens is 1. The Morgan fingerprint density at radius 1 is 1.16 bits per heavy atom. The van der Waals surface area contributed by atoms with E-state index in [0.29, 0.717) is 19.1 Å². The van der Waals surface area contributed by atoms with Gasteiger partial charge in [-0.05, 0) is 48.6 Å². The van der Waals surface area contributed by atoms with Crippen molar-refractivity contribution < 1.29 is 14.2 Å². The first-order valence-corrected chi connectivity index (χ1v) is 11.2. The number of hydrogen-bond acceptors (Lipinski definition) is 4. The Morgan fingerprint density at radius 3 is 2.88 bits per heavy atom. The van der Waals surface area contributed by atoms with Crippen LogP contribution in [-0.2, 0) is 24.1 Å². The number of rotatable bonds is 8. The predicted molar refractivity (Wildman–Crippen MR) is 139 cm³/mol. The van der Waals surface area contributed by atoms with Crippen LogP contribution in [0.25, 0.3) is 0 Å². The Bertz CT molecular complexity index is 913. The van der Waals surface area contributed by atoms with Crippen molar-refractivity contribution in [3.05, 3.63) is 58.7 Å². The van der Waals surface area contributed by atoms with Crippen molar-refractivity contribution in [2.75, 3.05) is 40.0 Å². The van der Waals surface area contributed by atoms with Gasteiger partial charge in [0, 0.05) is 44.6 Å². The molecule has 0 saturated carbocycles. The van der Waals surface area contributed by atoms with Gasteiger partial charge in [0.05, 0.1) is 19.8 Å². The van der Waals surface area contributed by atoms with Crippen molar-refractivity contribution in [2.45, 2.75) is 32.7 Å². The summed E-state index contributed by atoms with van der Waals surface area (Å²) >= 11 is 0. The first-order valence-electron chi connectivity index (χ1n) is 11.2. The number of ether oxygens (including phenoxy) is 3. The van der Waals surface area contributed by atoms with Crippen molar-refractivity contribution in [2.24, 2.45) is 10.9 Å². The number of benzene rings is 2. The van der Waals surface area contributed by atoms with Crippen LogP contribution < -0.4 is 20.1 Å². The van der Waals surface area contributed by atoms with Crippen LogP contribution >= 0.6 is 24.0 Å². The zero-order chi connectivity index (χ0) is 21.5. The van der Waals surface area contributed by atoms with E-state index >= 15 is 0 Å². The van der Waals surface area contributed by atoms with E-state index in [1.54, 1.807) is 7.05 Å². The molecule has 6 nitrogen and oxygen atoms in total. The molecule has 4 rings (SSSR count). The average molecular weight is 551 g/mol. The maximum Gasteiger partial charge on any atom is 0.191 e. The third-order valence-corrected chi connectivity index (χ3v) is 5.85. The molecule has 0 radical (unpaired) electrons. The summed E-state index contributed by atoms with van der Waals surface area (Å²) in [6, 6.07) is 12.8. The maximum absolute atomic E-state index is 6.15. The number of aliphatic imine (C=N–C) groups is 1. The van der Waals surface area contributed by atoms with Crippen LogP contribution in [0.5, 0.6) is 11.5 Å². The van der Waals surface area contributed by atoms with Crippen molar-refractivity contribution in [3.63, 3.8) is 0 Å². The van der Waals surface area contributed by atoms with Gasteiger partial charge in [0.25, 0.3) is 0 Å². The fraction of sp³-hybridized carbons (Fsp3) is 0.480. The minimum absolute atomic E-state index is 0. The zero-order valence-electron chi connectivity index (χ0n) is 19.0. The molecule has 1 fully saturated rings. The normalized spacial score (nSPS) is 17.3. The molecule has 7 heteroatoms. The first-order chi connectivity index (χ1) is 15.2. The summed E-state index contributed by atoms with van der Waals surface area (Å²) in [5.41, 5.74) is 4.96.